The molecule has 1 fully saturated rings. The van der Waals surface area contributed by atoms with Crippen molar-refractivity contribution in [2.24, 2.45) is 11.7 Å². The molecule has 0 aromatic carbocycles. The number of carbonyl (C=O) groups is 1. The SMILES string of the molecule is CC(C)NC(C)(CCCCSCC1CCCC1)C(N)=O. The van der Waals surface area contributed by atoms with Crippen LogP contribution in [0.15, 0.2) is 0 Å². The zero-order valence-electron chi connectivity index (χ0n) is 13.4. The summed E-state index contributed by atoms with van der Waals surface area (Å²) in [6, 6.07) is 0.282. The topological polar surface area (TPSA) is 55.1 Å². The minimum absolute atomic E-state index is 0.232. The standard InChI is InChI=1S/C16H32N2OS/c1-13(2)18-16(3,15(17)19)10-6-7-11-20-12-14-8-4-5-9-14/h13-14,18H,4-12H2,1-3H3,(H2,17,19). The van der Waals surface area contributed by atoms with Crippen LogP contribution in [-0.4, -0.2) is 29.0 Å². The molecule has 0 saturated heterocycles. The molecule has 118 valence electrons. The van der Waals surface area contributed by atoms with Crippen LogP contribution in [0.4, 0.5) is 0 Å². The molecule has 0 heterocycles. The molecule has 1 unspecified atom stereocenters. The number of rotatable bonds is 10. The van der Waals surface area contributed by atoms with Crippen molar-refractivity contribution in [2.75, 3.05) is 11.5 Å². The molecule has 1 rings (SSSR count). The van der Waals surface area contributed by atoms with Crippen LogP contribution in [0.3, 0.4) is 0 Å². The van der Waals surface area contributed by atoms with Gasteiger partial charge < -0.3 is 11.1 Å². The lowest BCUT2D eigenvalue weighted by Gasteiger charge is -2.29. The fourth-order valence-electron chi connectivity index (χ4n) is 3.01. The molecular formula is C16H32N2OS. The summed E-state index contributed by atoms with van der Waals surface area (Å²) in [5.41, 5.74) is 4.98. The van der Waals surface area contributed by atoms with Gasteiger partial charge >= 0.3 is 0 Å². The Balaban J connectivity index is 2.12. The van der Waals surface area contributed by atoms with Crippen LogP contribution in [0.1, 0.15) is 65.7 Å². The minimum Gasteiger partial charge on any atom is -0.368 e. The van der Waals surface area contributed by atoms with Gasteiger partial charge in [0.05, 0.1) is 5.54 Å². The molecule has 1 atom stereocenters. The maximum Gasteiger partial charge on any atom is 0.237 e. The van der Waals surface area contributed by atoms with Crippen LogP contribution in [0, 0.1) is 5.92 Å². The number of nitrogens with two attached hydrogens (primary N) is 1. The van der Waals surface area contributed by atoms with Gasteiger partial charge in [-0.3, -0.25) is 4.79 Å². The zero-order valence-corrected chi connectivity index (χ0v) is 14.2. The summed E-state index contributed by atoms with van der Waals surface area (Å²) in [5.74, 6) is 3.29. The predicted octanol–water partition coefficient (Wildman–Crippen LogP) is 3.32. The third-order valence-corrected chi connectivity index (χ3v) is 5.48. The minimum atomic E-state index is -0.551. The third kappa shape index (κ3) is 6.49. The van der Waals surface area contributed by atoms with Crippen molar-refractivity contribution in [2.45, 2.75) is 77.3 Å². The smallest absolute Gasteiger partial charge is 0.237 e. The van der Waals surface area contributed by atoms with Crippen LogP contribution in [-0.2, 0) is 4.79 Å². The molecule has 0 radical (unpaired) electrons. The van der Waals surface area contributed by atoms with E-state index in [1.54, 1.807) is 0 Å². The number of unbranched alkanes of at least 4 members (excludes halogenated alkanes) is 1. The normalized spacial score (nSPS) is 19.4. The van der Waals surface area contributed by atoms with Gasteiger partial charge in [-0.25, -0.2) is 0 Å². The molecule has 1 aliphatic carbocycles. The van der Waals surface area contributed by atoms with Crippen molar-refractivity contribution in [3.05, 3.63) is 0 Å². The Bertz CT molecular complexity index is 290. The fraction of sp³-hybridized carbons (Fsp3) is 0.938. The van der Waals surface area contributed by atoms with Crippen molar-refractivity contribution >= 4 is 17.7 Å². The van der Waals surface area contributed by atoms with Crippen LogP contribution in [0.25, 0.3) is 0 Å². The van der Waals surface area contributed by atoms with Gasteiger partial charge in [0, 0.05) is 6.04 Å². The number of thioether (sulfide) groups is 1. The third-order valence-electron chi connectivity index (χ3n) is 4.19. The van der Waals surface area contributed by atoms with E-state index >= 15 is 0 Å². The molecule has 3 N–H and O–H groups in total. The van der Waals surface area contributed by atoms with Crippen molar-refractivity contribution in [3.8, 4) is 0 Å². The summed E-state index contributed by atoms with van der Waals surface area (Å²) in [6.45, 7) is 6.04. The first kappa shape index (κ1) is 17.8. The number of primary amides is 1. The first-order valence-electron chi connectivity index (χ1n) is 8.09. The van der Waals surface area contributed by atoms with Crippen molar-refractivity contribution in [3.63, 3.8) is 0 Å². The van der Waals surface area contributed by atoms with Crippen molar-refractivity contribution in [1.82, 2.24) is 5.32 Å². The maximum atomic E-state index is 11.6. The van der Waals surface area contributed by atoms with Gasteiger partial charge in [-0.1, -0.05) is 19.3 Å². The van der Waals surface area contributed by atoms with E-state index in [2.05, 4.69) is 30.9 Å². The summed E-state index contributed by atoms with van der Waals surface area (Å²) >= 11 is 2.09. The van der Waals surface area contributed by atoms with Crippen LogP contribution < -0.4 is 11.1 Å². The highest BCUT2D eigenvalue weighted by molar-refractivity contribution is 7.99. The van der Waals surface area contributed by atoms with E-state index in [0.29, 0.717) is 0 Å². The van der Waals surface area contributed by atoms with Gasteiger partial charge in [-0.15, -0.1) is 0 Å². The summed E-state index contributed by atoms with van der Waals surface area (Å²) in [6.07, 6.45) is 8.82. The van der Waals surface area contributed by atoms with E-state index in [9.17, 15) is 4.79 Å². The van der Waals surface area contributed by atoms with E-state index in [1.807, 2.05) is 6.92 Å². The molecule has 0 aromatic heterocycles. The van der Waals surface area contributed by atoms with E-state index in [4.69, 9.17) is 5.73 Å². The Morgan fingerprint density at radius 2 is 2.00 bits per heavy atom. The van der Waals surface area contributed by atoms with Crippen LogP contribution in [0.2, 0.25) is 0 Å². The molecule has 4 heteroatoms. The predicted molar refractivity (Wildman–Crippen MR) is 89.0 cm³/mol. The van der Waals surface area contributed by atoms with Crippen molar-refractivity contribution < 1.29 is 4.79 Å². The summed E-state index contributed by atoms with van der Waals surface area (Å²) < 4.78 is 0. The monoisotopic (exact) mass is 300 g/mol. The Morgan fingerprint density at radius 1 is 1.35 bits per heavy atom. The summed E-state index contributed by atoms with van der Waals surface area (Å²) in [4.78, 5) is 11.6. The molecule has 0 aliphatic heterocycles. The summed E-state index contributed by atoms with van der Waals surface area (Å²) in [5, 5.41) is 3.31. The number of hydrogen-bond acceptors (Lipinski definition) is 3. The second kappa shape index (κ2) is 8.93. The van der Waals surface area contributed by atoms with Crippen LogP contribution in [0.5, 0.6) is 0 Å². The molecule has 0 spiro atoms. The number of nitrogens with one attached hydrogen (secondary N) is 1. The maximum absolute atomic E-state index is 11.6. The molecule has 1 aliphatic rings. The fourth-order valence-corrected chi connectivity index (χ4v) is 4.25. The molecule has 0 aromatic rings. The molecule has 20 heavy (non-hydrogen) atoms. The highest BCUT2D eigenvalue weighted by atomic mass is 32.2. The van der Waals surface area contributed by atoms with E-state index in [-0.39, 0.29) is 11.9 Å². The zero-order chi connectivity index (χ0) is 15.0. The molecule has 3 nitrogen and oxygen atoms in total. The Hall–Kier alpha value is -0.220. The number of hydrogen-bond donors (Lipinski definition) is 2. The second-order valence-electron chi connectivity index (χ2n) is 6.68. The molecule has 0 bridgehead atoms. The lowest BCUT2D eigenvalue weighted by atomic mass is 9.93. The first-order chi connectivity index (χ1) is 9.44. The van der Waals surface area contributed by atoms with Crippen LogP contribution >= 0.6 is 11.8 Å². The lowest BCUT2D eigenvalue weighted by Crippen LogP contribution is -2.55. The highest BCUT2D eigenvalue weighted by Gasteiger charge is 2.30. The quantitative estimate of drug-likeness (QED) is 0.609. The Morgan fingerprint density at radius 3 is 2.55 bits per heavy atom. The summed E-state index contributed by atoms with van der Waals surface area (Å²) in [7, 11) is 0. The van der Waals surface area contributed by atoms with Gasteiger partial charge in [-0.2, -0.15) is 11.8 Å². The first-order valence-corrected chi connectivity index (χ1v) is 9.25. The van der Waals surface area contributed by atoms with Gasteiger partial charge in [0.1, 0.15) is 0 Å². The van der Waals surface area contributed by atoms with Crippen molar-refractivity contribution in [1.29, 1.82) is 0 Å². The largest absolute Gasteiger partial charge is 0.368 e. The Kier molecular flexibility index (Phi) is 7.96. The van der Waals surface area contributed by atoms with Gasteiger partial charge in [0.2, 0.25) is 5.91 Å². The molecular weight excluding hydrogens is 268 g/mol. The number of amides is 1. The highest BCUT2D eigenvalue weighted by Crippen LogP contribution is 2.28. The van der Waals surface area contributed by atoms with E-state index < -0.39 is 5.54 Å². The lowest BCUT2D eigenvalue weighted by molar-refractivity contribution is -0.124. The molecule has 1 amide bonds. The average molecular weight is 301 g/mol. The second-order valence-corrected chi connectivity index (χ2v) is 7.83. The van der Waals surface area contributed by atoms with Gasteiger partial charge in [-0.05, 0) is 63.9 Å². The van der Waals surface area contributed by atoms with E-state index in [0.717, 1.165) is 18.8 Å². The average Bonchev–Trinajstić information content (AvgIpc) is 2.85. The van der Waals surface area contributed by atoms with E-state index in [1.165, 1.54) is 43.6 Å². The van der Waals surface area contributed by atoms with Gasteiger partial charge in [0.15, 0.2) is 0 Å². The molecule has 1 saturated carbocycles. The Labute approximate surface area is 128 Å². The van der Waals surface area contributed by atoms with Gasteiger partial charge in [0.25, 0.3) is 0 Å². The number of carbonyl (C=O) groups excluding carboxylic acids is 1.